The van der Waals surface area contributed by atoms with Crippen LogP contribution in [-0.2, 0) is 0 Å². The summed E-state index contributed by atoms with van der Waals surface area (Å²) in [6, 6.07) is 56.7. The van der Waals surface area contributed by atoms with Gasteiger partial charge in [-0.25, -0.2) is 0 Å². The lowest BCUT2D eigenvalue weighted by Gasteiger charge is -2.16. The monoisotopic (exact) mass is 644 g/mol. The fourth-order valence-corrected chi connectivity index (χ4v) is 7.67. The summed E-state index contributed by atoms with van der Waals surface area (Å²) in [5, 5.41) is 4.73. The van der Waals surface area contributed by atoms with Crippen molar-refractivity contribution in [1.29, 1.82) is 0 Å². The van der Waals surface area contributed by atoms with Crippen molar-refractivity contribution in [3.05, 3.63) is 191 Å². The van der Waals surface area contributed by atoms with E-state index in [1.807, 2.05) is 97.1 Å². The van der Waals surface area contributed by atoms with Gasteiger partial charge in [0.25, 0.3) is 0 Å². The minimum Gasteiger partial charge on any atom is -0.309 e. The van der Waals surface area contributed by atoms with E-state index in [0.29, 0.717) is 22.4 Å². The highest BCUT2D eigenvalue weighted by molar-refractivity contribution is 6.10. The van der Waals surface area contributed by atoms with E-state index in [0.717, 1.165) is 33.4 Å². The van der Waals surface area contributed by atoms with E-state index >= 15 is 0 Å². The summed E-state index contributed by atoms with van der Waals surface area (Å²) in [6.45, 7) is 0. The molecule has 3 aromatic heterocycles. The SMILES string of the molecule is O=c1c(=O)n(-c2ccc(-n3c4ccccc4c4ccccc43)cc2)c2ccccc2n1-c1ccc(-n2c3ccccc3c3ccccc32)cc1. The lowest BCUT2D eigenvalue weighted by atomic mass is 10.2. The van der Waals surface area contributed by atoms with E-state index in [9.17, 15) is 9.59 Å². The molecule has 7 aromatic carbocycles. The van der Waals surface area contributed by atoms with Gasteiger partial charge in [-0.1, -0.05) is 84.9 Å². The largest absolute Gasteiger partial charge is 0.321 e. The van der Waals surface area contributed by atoms with Gasteiger partial charge in [0.15, 0.2) is 0 Å². The number of aromatic nitrogens is 4. The summed E-state index contributed by atoms with van der Waals surface area (Å²) in [6.07, 6.45) is 0. The van der Waals surface area contributed by atoms with Gasteiger partial charge in [0.1, 0.15) is 0 Å². The van der Waals surface area contributed by atoms with Crippen molar-refractivity contribution in [3.8, 4) is 22.7 Å². The molecule has 0 radical (unpaired) electrons. The molecular weight excluding hydrogens is 617 g/mol. The smallest absolute Gasteiger partial charge is 0.309 e. The minimum absolute atomic E-state index is 0.611. The molecule has 0 spiro atoms. The first-order chi connectivity index (χ1) is 24.7. The highest BCUT2D eigenvalue weighted by Crippen LogP contribution is 2.33. The molecule has 0 fully saturated rings. The van der Waals surface area contributed by atoms with Crippen LogP contribution in [0.15, 0.2) is 179 Å². The molecule has 10 rings (SSSR count). The predicted molar refractivity (Wildman–Crippen MR) is 204 cm³/mol. The lowest BCUT2D eigenvalue weighted by molar-refractivity contribution is 0.917. The Morgan fingerprint density at radius 2 is 0.460 bits per heavy atom. The van der Waals surface area contributed by atoms with Crippen LogP contribution < -0.4 is 11.1 Å². The number of benzene rings is 7. The van der Waals surface area contributed by atoms with Crippen LogP contribution in [0.5, 0.6) is 0 Å². The average Bonchev–Trinajstić information content (AvgIpc) is 3.69. The molecule has 0 bridgehead atoms. The van der Waals surface area contributed by atoms with E-state index in [1.165, 1.54) is 30.7 Å². The third-order valence-corrected chi connectivity index (χ3v) is 9.85. The summed E-state index contributed by atoms with van der Waals surface area (Å²) in [5.41, 5.74) is 7.70. The lowest BCUT2D eigenvalue weighted by Crippen LogP contribution is -2.40. The first kappa shape index (κ1) is 28.1. The second-order valence-corrected chi connectivity index (χ2v) is 12.5. The van der Waals surface area contributed by atoms with Crippen LogP contribution in [0.3, 0.4) is 0 Å². The first-order valence-corrected chi connectivity index (χ1v) is 16.6. The molecule has 0 aliphatic carbocycles. The Balaban J connectivity index is 1.10. The van der Waals surface area contributed by atoms with Gasteiger partial charge in [-0.3, -0.25) is 18.7 Å². The molecular formula is C44H28N4O2. The van der Waals surface area contributed by atoms with Gasteiger partial charge in [0.2, 0.25) is 0 Å². The van der Waals surface area contributed by atoms with Gasteiger partial charge in [0.05, 0.1) is 33.1 Å². The second kappa shape index (κ2) is 10.8. The zero-order valence-electron chi connectivity index (χ0n) is 26.8. The van der Waals surface area contributed by atoms with Gasteiger partial charge in [-0.05, 0) is 84.9 Å². The maximum atomic E-state index is 14.0. The number of para-hydroxylation sites is 6. The molecule has 0 amide bonds. The van der Waals surface area contributed by atoms with Gasteiger partial charge in [0, 0.05) is 44.3 Å². The summed E-state index contributed by atoms with van der Waals surface area (Å²) < 4.78 is 7.51. The molecule has 0 N–H and O–H groups in total. The molecule has 10 aromatic rings. The highest BCUT2D eigenvalue weighted by Gasteiger charge is 2.18. The van der Waals surface area contributed by atoms with Crippen molar-refractivity contribution in [1.82, 2.24) is 18.3 Å². The van der Waals surface area contributed by atoms with Gasteiger partial charge in [-0.2, -0.15) is 0 Å². The molecule has 6 heteroatoms. The summed E-state index contributed by atoms with van der Waals surface area (Å²) in [7, 11) is 0. The molecule has 0 saturated heterocycles. The Labute approximate surface area is 285 Å². The third-order valence-electron chi connectivity index (χ3n) is 9.85. The highest BCUT2D eigenvalue weighted by atomic mass is 16.2. The fourth-order valence-electron chi connectivity index (χ4n) is 7.67. The zero-order valence-corrected chi connectivity index (χ0v) is 26.8. The number of hydrogen-bond donors (Lipinski definition) is 0. The van der Waals surface area contributed by atoms with Crippen molar-refractivity contribution in [2.24, 2.45) is 0 Å². The van der Waals surface area contributed by atoms with Crippen LogP contribution in [0.2, 0.25) is 0 Å². The Morgan fingerprint density at radius 3 is 0.740 bits per heavy atom. The quantitative estimate of drug-likeness (QED) is 0.179. The Morgan fingerprint density at radius 1 is 0.240 bits per heavy atom. The number of nitrogens with zero attached hydrogens (tertiary/aromatic N) is 4. The molecule has 50 heavy (non-hydrogen) atoms. The predicted octanol–water partition coefficient (Wildman–Crippen LogP) is 9.34. The van der Waals surface area contributed by atoms with Crippen molar-refractivity contribution in [2.75, 3.05) is 0 Å². The van der Waals surface area contributed by atoms with Crippen LogP contribution >= 0.6 is 0 Å². The first-order valence-electron chi connectivity index (χ1n) is 16.6. The fraction of sp³-hybridized carbons (Fsp3) is 0. The van der Waals surface area contributed by atoms with E-state index in [2.05, 4.69) is 81.9 Å². The second-order valence-electron chi connectivity index (χ2n) is 12.5. The third kappa shape index (κ3) is 4.02. The number of rotatable bonds is 4. The average molecular weight is 645 g/mol. The van der Waals surface area contributed by atoms with Crippen molar-refractivity contribution >= 4 is 54.6 Å². The summed E-state index contributed by atoms with van der Waals surface area (Å²) >= 11 is 0. The van der Waals surface area contributed by atoms with Crippen LogP contribution in [0.1, 0.15) is 0 Å². The Kier molecular flexibility index (Phi) is 6.08. The molecule has 3 heterocycles. The van der Waals surface area contributed by atoms with Crippen molar-refractivity contribution < 1.29 is 0 Å². The maximum Gasteiger partial charge on any atom is 0.321 e. The van der Waals surface area contributed by atoms with E-state index in [-0.39, 0.29) is 0 Å². The maximum absolute atomic E-state index is 14.0. The topological polar surface area (TPSA) is 53.9 Å². The number of fused-ring (bicyclic) bond motifs is 7. The minimum atomic E-state index is -0.611. The zero-order chi connectivity index (χ0) is 33.3. The molecule has 0 aliphatic rings. The molecule has 0 saturated carbocycles. The standard InChI is InChI=1S/C44H28N4O2/c49-43-44(50)48(32-27-23-30(24-28-32)46-39-17-7-3-13-35(39)36-14-4-8-18-40(36)46)42-20-10-9-19-41(42)47(43)31-25-21-29(22-26-31)45-37-15-5-1-11-33(37)34-12-2-6-16-38(34)45/h1-28H. The van der Waals surface area contributed by atoms with E-state index in [1.54, 1.807) is 0 Å². The molecule has 0 atom stereocenters. The van der Waals surface area contributed by atoms with Crippen LogP contribution in [0.25, 0.3) is 77.4 Å². The van der Waals surface area contributed by atoms with Crippen molar-refractivity contribution in [3.63, 3.8) is 0 Å². The van der Waals surface area contributed by atoms with Gasteiger partial charge < -0.3 is 9.13 Å². The molecule has 0 unspecified atom stereocenters. The molecule has 236 valence electrons. The number of hydrogen-bond acceptors (Lipinski definition) is 2. The van der Waals surface area contributed by atoms with Crippen molar-refractivity contribution in [2.45, 2.75) is 0 Å². The van der Waals surface area contributed by atoms with Crippen LogP contribution in [0.4, 0.5) is 0 Å². The van der Waals surface area contributed by atoms with Gasteiger partial charge in [-0.15, -0.1) is 0 Å². The van der Waals surface area contributed by atoms with Crippen LogP contribution in [-0.4, -0.2) is 18.3 Å². The summed E-state index contributed by atoms with van der Waals surface area (Å²) in [4.78, 5) is 28.0. The van der Waals surface area contributed by atoms with E-state index < -0.39 is 11.1 Å². The van der Waals surface area contributed by atoms with Crippen LogP contribution in [0, 0.1) is 0 Å². The normalized spacial score (nSPS) is 11.8. The molecule has 0 aliphatic heterocycles. The summed E-state index contributed by atoms with van der Waals surface area (Å²) in [5.74, 6) is 0. The Hall–Kier alpha value is -6.92. The Bertz CT molecular complexity index is 2750. The van der Waals surface area contributed by atoms with E-state index in [4.69, 9.17) is 0 Å². The molecule has 6 nitrogen and oxygen atoms in total. The van der Waals surface area contributed by atoms with Gasteiger partial charge >= 0.3 is 11.1 Å².